The highest BCUT2D eigenvalue weighted by Crippen LogP contribution is 2.30. The maximum absolute atomic E-state index is 12.7. The van der Waals surface area contributed by atoms with Crippen molar-refractivity contribution in [1.82, 2.24) is 9.88 Å². The molecule has 0 saturated carbocycles. The number of aliphatic hydroxyl groups is 1. The molecule has 1 fully saturated rings. The number of hydrogen-bond donors (Lipinski definition) is 1. The number of likely N-dealkylation sites (tertiary alicyclic amines) is 1. The molecule has 3 rings (SSSR count). The molecule has 5 nitrogen and oxygen atoms in total. The van der Waals surface area contributed by atoms with Crippen LogP contribution in [-0.2, 0) is 0 Å². The summed E-state index contributed by atoms with van der Waals surface area (Å²) in [6.07, 6.45) is 3.43. The lowest BCUT2D eigenvalue weighted by atomic mass is 10.1. The van der Waals surface area contributed by atoms with Gasteiger partial charge in [-0.1, -0.05) is 6.07 Å². The number of aliphatic hydroxyl groups excluding tert-OH is 1. The molecular formula is C15H18N2O3S. The first-order valence-electron chi connectivity index (χ1n) is 7.13. The van der Waals surface area contributed by atoms with Gasteiger partial charge in [0.15, 0.2) is 17.8 Å². The average Bonchev–Trinajstić information content (AvgIpc) is 3.18. The molecule has 112 valence electrons. The molecule has 21 heavy (non-hydrogen) atoms. The first-order valence-corrected chi connectivity index (χ1v) is 8.01. The normalized spacial score (nSPS) is 19.9. The van der Waals surface area contributed by atoms with Gasteiger partial charge < -0.3 is 14.4 Å². The van der Waals surface area contributed by atoms with Gasteiger partial charge in [0.25, 0.3) is 5.91 Å². The fourth-order valence-corrected chi connectivity index (χ4v) is 3.57. The minimum absolute atomic E-state index is 0.0883. The van der Waals surface area contributed by atoms with Gasteiger partial charge in [-0.05, 0) is 37.6 Å². The maximum atomic E-state index is 12.7. The van der Waals surface area contributed by atoms with Crippen molar-refractivity contribution in [3.63, 3.8) is 0 Å². The van der Waals surface area contributed by atoms with E-state index in [4.69, 9.17) is 4.42 Å². The second-order valence-corrected chi connectivity index (χ2v) is 6.33. The summed E-state index contributed by atoms with van der Waals surface area (Å²) >= 11 is 1.52. The number of oxazole rings is 1. The van der Waals surface area contributed by atoms with Gasteiger partial charge in [-0.3, -0.25) is 4.79 Å². The molecule has 2 unspecified atom stereocenters. The van der Waals surface area contributed by atoms with Crippen molar-refractivity contribution in [3.05, 3.63) is 29.6 Å². The highest BCUT2D eigenvalue weighted by Gasteiger charge is 2.33. The zero-order chi connectivity index (χ0) is 14.8. The topological polar surface area (TPSA) is 66.6 Å². The van der Waals surface area contributed by atoms with Gasteiger partial charge in [0.2, 0.25) is 0 Å². The summed E-state index contributed by atoms with van der Waals surface area (Å²) in [5.41, 5.74) is 0.370. The van der Waals surface area contributed by atoms with Crippen molar-refractivity contribution in [2.45, 2.75) is 38.3 Å². The smallest absolute Gasteiger partial charge is 0.276 e. The van der Waals surface area contributed by atoms with Crippen molar-refractivity contribution < 1.29 is 14.3 Å². The van der Waals surface area contributed by atoms with Crippen molar-refractivity contribution in [2.75, 3.05) is 6.54 Å². The van der Waals surface area contributed by atoms with E-state index in [2.05, 4.69) is 4.98 Å². The van der Waals surface area contributed by atoms with Gasteiger partial charge in [-0.2, -0.15) is 0 Å². The van der Waals surface area contributed by atoms with E-state index in [-0.39, 0.29) is 11.9 Å². The van der Waals surface area contributed by atoms with E-state index >= 15 is 0 Å². The van der Waals surface area contributed by atoms with E-state index in [9.17, 15) is 9.90 Å². The summed E-state index contributed by atoms with van der Waals surface area (Å²) in [6.45, 7) is 2.47. The molecule has 1 N–H and O–H groups in total. The van der Waals surface area contributed by atoms with Gasteiger partial charge in [0, 0.05) is 12.6 Å². The van der Waals surface area contributed by atoms with Crippen LogP contribution in [0.2, 0.25) is 0 Å². The van der Waals surface area contributed by atoms with E-state index in [1.54, 1.807) is 6.92 Å². The molecule has 0 bridgehead atoms. The Balaban J connectivity index is 1.84. The summed E-state index contributed by atoms with van der Waals surface area (Å²) in [5, 5.41) is 11.5. The molecule has 2 aromatic heterocycles. The molecule has 0 aromatic carbocycles. The number of rotatable bonds is 4. The Morgan fingerprint density at radius 3 is 3.24 bits per heavy atom. The summed E-state index contributed by atoms with van der Waals surface area (Å²) in [5.74, 6) is 0.438. The van der Waals surface area contributed by atoms with Crippen LogP contribution in [0.25, 0.3) is 10.6 Å². The zero-order valence-corrected chi connectivity index (χ0v) is 12.7. The third kappa shape index (κ3) is 2.87. The van der Waals surface area contributed by atoms with E-state index in [0.29, 0.717) is 24.4 Å². The summed E-state index contributed by atoms with van der Waals surface area (Å²) in [4.78, 5) is 19.6. The Morgan fingerprint density at radius 2 is 2.52 bits per heavy atom. The third-order valence-electron chi connectivity index (χ3n) is 3.77. The van der Waals surface area contributed by atoms with Gasteiger partial charge in [0.1, 0.15) is 0 Å². The molecule has 1 aliphatic heterocycles. The molecule has 0 spiro atoms. The highest BCUT2D eigenvalue weighted by molar-refractivity contribution is 7.13. The van der Waals surface area contributed by atoms with Crippen LogP contribution >= 0.6 is 11.3 Å². The van der Waals surface area contributed by atoms with E-state index < -0.39 is 6.10 Å². The van der Waals surface area contributed by atoms with Crippen LogP contribution in [-0.4, -0.2) is 39.6 Å². The first-order chi connectivity index (χ1) is 10.2. The fraction of sp³-hybridized carbons (Fsp3) is 0.467. The standard InChI is InChI=1S/C15H18N2O3S/c1-10(18)8-11-4-2-6-17(11)15(19)13-14(20-9-16-13)12-5-3-7-21-12/h3,5,7,9-11,18H,2,4,6,8H2,1H3. The molecule has 1 aliphatic rings. The SMILES string of the molecule is CC(O)CC1CCCN1C(=O)c1ncoc1-c1cccs1. The summed E-state index contributed by atoms with van der Waals surface area (Å²) in [7, 11) is 0. The van der Waals surface area contributed by atoms with Crippen LogP contribution < -0.4 is 0 Å². The minimum atomic E-state index is -0.405. The molecule has 2 aromatic rings. The molecule has 6 heteroatoms. The van der Waals surface area contributed by atoms with Gasteiger partial charge in [-0.15, -0.1) is 11.3 Å². The number of carbonyl (C=O) groups excluding carboxylic acids is 1. The number of carbonyl (C=O) groups is 1. The Labute approximate surface area is 127 Å². The van der Waals surface area contributed by atoms with E-state index in [1.807, 2.05) is 22.4 Å². The molecule has 0 aliphatic carbocycles. The zero-order valence-electron chi connectivity index (χ0n) is 11.9. The van der Waals surface area contributed by atoms with Crippen LogP contribution in [0.5, 0.6) is 0 Å². The first kappa shape index (κ1) is 14.3. The molecular weight excluding hydrogens is 288 g/mol. The monoisotopic (exact) mass is 306 g/mol. The van der Waals surface area contributed by atoms with Crippen LogP contribution in [0.1, 0.15) is 36.7 Å². The molecule has 0 radical (unpaired) electrons. The molecule has 3 heterocycles. The van der Waals surface area contributed by atoms with Crippen molar-refractivity contribution in [3.8, 4) is 10.6 Å². The third-order valence-corrected chi connectivity index (χ3v) is 4.63. The van der Waals surface area contributed by atoms with Crippen molar-refractivity contribution in [1.29, 1.82) is 0 Å². The quantitative estimate of drug-likeness (QED) is 0.943. The Morgan fingerprint density at radius 1 is 1.67 bits per heavy atom. The van der Waals surface area contributed by atoms with Crippen LogP contribution in [0, 0.1) is 0 Å². The second kappa shape index (κ2) is 5.99. The summed E-state index contributed by atoms with van der Waals surface area (Å²) < 4.78 is 5.41. The van der Waals surface area contributed by atoms with Gasteiger partial charge in [-0.25, -0.2) is 4.98 Å². The average molecular weight is 306 g/mol. The number of aromatic nitrogens is 1. The molecule has 1 amide bonds. The number of hydrogen-bond acceptors (Lipinski definition) is 5. The largest absolute Gasteiger partial charge is 0.442 e. The predicted octanol–water partition coefficient (Wildman–Crippen LogP) is 2.78. The number of amides is 1. The summed E-state index contributed by atoms with van der Waals surface area (Å²) in [6, 6.07) is 3.92. The van der Waals surface area contributed by atoms with Crippen LogP contribution in [0.15, 0.2) is 28.3 Å². The fourth-order valence-electron chi connectivity index (χ4n) is 2.86. The van der Waals surface area contributed by atoms with E-state index in [1.165, 1.54) is 17.7 Å². The van der Waals surface area contributed by atoms with Crippen LogP contribution in [0.3, 0.4) is 0 Å². The maximum Gasteiger partial charge on any atom is 0.276 e. The Kier molecular flexibility index (Phi) is 4.07. The van der Waals surface area contributed by atoms with Crippen LogP contribution in [0.4, 0.5) is 0 Å². The molecule has 1 saturated heterocycles. The second-order valence-electron chi connectivity index (χ2n) is 5.39. The highest BCUT2D eigenvalue weighted by atomic mass is 32.1. The van der Waals surface area contributed by atoms with Crippen molar-refractivity contribution >= 4 is 17.2 Å². The lowest BCUT2D eigenvalue weighted by Crippen LogP contribution is -2.37. The Hall–Kier alpha value is -1.66. The van der Waals surface area contributed by atoms with Gasteiger partial charge in [0.05, 0.1) is 11.0 Å². The Bertz CT molecular complexity index is 606. The number of thiophene rings is 1. The lowest BCUT2D eigenvalue weighted by molar-refractivity contribution is 0.0677. The van der Waals surface area contributed by atoms with Gasteiger partial charge >= 0.3 is 0 Å². The minimum Gasteiger partial charge on any atom is -0.442 e. The predicted molar refractivity (Wildman–Crippen MR) is 80.2 cm³/mol. The number of nitrogens with zero attached hydrogens (tertiary/aromatic N) is 2. The lowest BCUT2D eigenvalue weighted by Gasteiger charge is -2.25. The molecule has 2 atom stereocenters. The van der Waals surface area contributed by atoms with E-state index in [0.717, 1.165) is 17.7 Å². The van der Waals surface area contributed by atoms with Crippen molar-refractivity contribution in [2.24, 2.45) is 0 Å².